The highest BCUT2D eigenvalue weighted by Crippen LogP contribution is 2.35. The number of ether oxygens (including phenoxy) is 1. The number of hydrogen-bond acceptors (Lipinski definition) is 4. The number of carboxylic acids is 1. The van der Waals surface area contributed by atoms with Gasteiger partial charge in [0.15, 0.2) is 9.84 Å². The second kappa shape index (κ2) is 5.21. The molecule has 0 bridgehead atoms. The topological polar surface area (TPSA) is 80.7 Å². The molecule has 106 valence electrons. The minimum Gasteiger partial charge on any atom is -0.496 e. The number of rotatable bonds is 5. The predicted octanol–water partition coefficient (Wildman–Crippen LogP) is 1.85. The summed E-state index contributed by atoms with van der Waals surface area (Å²) in [6.07, 6.45) is 0.999. The lowest BCUT2D eigenvalue weighted by Gasteiger charge is -2.25. The third kappa shape index (κ3) is 3.70. The first-order valence-electron chi connectivity index (χ1n) is 5.68. The molecule has 5 nitrogen and oxygen atoms in total. The summed E-state index contributed by atoms with van der Waals surface area (Å²) in [6, 6.07) is 4.49. The molecule has 19 heavy (non-hydrogen) atoms. The van der Waals surface area contributed by atoms with E-state index in [1.54, 1.807) is 19.9 Å². The van der Waals surface area contributed by atoms with Gasteiger partial charge in [0.25, 0.3) is 0 Å². The zero-order valence-corrected chi connectivity index (χ0v) is 12.2. The van der Waals surface area contributed by atoms with Gasteiger partial charge >= 0.3 is 5.97 Å². The average molecular weight is 286 g/mol. The summed E-state index contributed by atoms with van der Waals surface area (Å²) >= 11 is 0. The van der Waals surface area contributed by atoms with Crippen molar-refractivity contribution in [3.63, 3.8) is 0 Å². The molecule has 0 radical (unpaired) electrons. The Hall–Kier alpha value is -1.56. The maximum atomic E-state index is 11.6. The fourth-order valence-electron chi connectivity index (χ4n) is 1.92. The van der Waals surface area contributed by atoms with E-state index >= 15 is 0 Å². The molecule has 1 rings (SSSR count). The van der Waals surface area contributed by atoms with Gasteiger partial charge in [0.05, 0.1) is 18.4 Å². The molecule has 0 amide bonds. The Morgan fingerprint density at radius 1 is 1.37 bits per heavy atom. The Morgan fingerprint density at radius 3 is 2.37 bits per heavy atom. The van der Waals surface area contributed by atoms with E-state index in [-0.39, 0.29) is 11.3 Å². The SMILES string of the molecule is COc1ccc(S(C)(=O)=O)cc1C(C)(C)CC(=O)O. The van der Waals surface area contributed by atoms with Crippen molar-refractivity contribution in [1.82, 2.24) is 0 Å². The van der Waals surface area contributed by atoms with Gasteiger partial charge in [-0.05, 0) is 18.2 Å². The minimum atomic E-state index is -3.34. The van der Waals surface area contributed by atoms with Gasteiger partial charge < -0.3 is 9.84 Å². The molecule has 0 fully saturated rings. The van der Waals surface area contributed by atoms with Crippen molar-refractivity contribution in [3.05, 3.63) is 23.8 Å². The Balaban J connectivity index is 3.43. The van der Waals surface area contributed by atoms with E-state index in [0.29, 0.717) is 11.3 Å². The predicted molar refractivity (Wildman–Crippen MR) is 71.4 cm³/mol. The Kier molecular flexibility index (Phi) is 4.25. The lowest BCUT2D eigenvalue weighted by atomic mass is 9.81. The molecule has 1 N–H and O–H groups in total. The molecule has 0 aromatic heterocycles. The third-order valence-corrected chi connectivity index (χ3v) is 4.03. The minimum absolute atomic E-state index is 0.115. The first-order chi connectivity index (χ1) is 8.58. The smallest absolute Gasteiger partial charge is 0.304 e. The molecular formula is C13H18O5S. The lowest BCUT2D eigenvalue weighted by Crippen LogP contribution is -2.23. The van der Waals surface area contributed by atoms with Crippen LogP contribution in [-0.4, -0.2) is 32.9 Å². The van der Waals surface area contributed by atoms with Crippen LogP contribution in [-0.2, 0) is 20.0 Å². The van der Waals surface area contributed by atoms with Gasteiger partial charge in [-0.3, -0.25) is 4.79 Å². The number of carboxylic acid groups (broad SMARTS) is 1. The second-order valence-electron chi connectivity index (χ2n) is 5.09. The van der Waals surface area contributed by atoms with E-state index in [2.05, 4.69) is 0 Å². The van der Waals surface area contributed by atoms with Crippen molar-refractivity contribution in [2.75, 3.05) is 13.4 Å². The number of sulfone groups is 1. The van der Waals surface area contributed by atoms with E-state index in [1.165, 1.54) is 19.2 Å². The largest absolute Gasteiger partial charge is 0.496 e. The molecule has 0 aliphatic carbocycles. The van der Waals surface area contributed by atoms with Crippen molar-refractivity contribution in [3.8, 4) is 5.75 Å². The highest BCUT2D eigenvalue weighted by atomic mass is 32.2. The fourth-order valence-corrected chi connectivity index (χ4v) is 2.57. The maximum absolute atomic E-state index is 11.6. The molecule has 0 heterocycles. The molecule has 0 saturated carbocycles. The summed E-state index contributed by atoms with van der Waals surface area (Å²) in [5.41, 5.74) is -0.155. The number of aliphatic carboxylic acids is 1. The van der Waals surface area contributed by atoms with E-state index in [9.17, 15) is 13.2 Å². The second-order valence-corrected chi connectivity index (χ2v) is 7.10. The van der Waals surface area contributed by atoms with E-state index < -0.39 is 21.2 Å². The van der Waals surface area contributed by atoms with Crippen LogP contribution in [0.5, 0.6) is 5.75 Å². The van der Waals surface area contributed by atoms with Crippen molar-refractivity contribution in [1.29, 1.82) is 0 Å². The monoisotopic (exact) mass is 286 g/mol. The summed E-state index contributed by atoms with van der Waals surface area (Å²) in [6.45, 7) is 3.48. The highest BCUT2D eigenvalue weighted by molar-refractivity contribution is 7.90. The fraction of sp³-hybridized carbons (Fsp3) is 0.462. The van der Waals surface area contributed by atoms with Crippen LogP contribution in [0.2, 0.25) is 0 Å². The van der Waals surface area contributed by atoms with Crippen molar-refractivity contribution in [2.45, 2.75) is 30.6 Å². The van der Waals surface area contributed by atoms with Crippen molar-refractivity contribution in [2.24, 2.45) is 0 Å². The van der Waals surface area contributed by atoms with Crippen LogP contribution in [0, 0.1) is 0 Å². The number of carbonyl (C=O) groups is 1. The standard InChI is InChI=1S/C13H18O5S/c1-13(2,8-12(14)15)10-7-9(19(4,16)17)5-6-11(10)18-3/h5-7H,8H2,1-4H3,(H,14,15). The van der Waals surface area contributed by atoms with Crippen LogP contribution in [0.3, 0.4) is 0 Å². The van der Waals surface area contributed by atoms with E-state index in [4.69, 9.17) is 9.84 Å². The van der Waals surface area contributed by atoms with Gasteiger partial charge in [0.1, 0.15) is 5.75 Å². The molecule has 0 unspecified atom stereocenters. The van der Waals surface area contributed by atoms with Gasteiger partial charge in [0.2, 0.25) is 0 Å². The molecule has 0 aliphatic rings. The van der Waals surface area contributed by atoms with Crippen LogP contribution in [0.1, 0.15) is 25.8 Å². The van der Waals surface area contributed by atoms with E-state index in [0.717, 1.165) is 6.26 Å². The van der Waals surface area contributed by atoms with E-state index in [1.807, 2.05) is 0 Å². The van der Waals surface area contributed by atoms with Gasteiger partial charge in [-0.1, -0.05) is 13.8 Å². The average Bonchev–Trinajstić information content (AvgIpc) is 2.25. The molecule has 1 aromatic rings. The molecule has 6 heteroatoms. The first-order valence-corrected chi connectivity index (χ1v) is 7.57. The van der Waals surface area contributed by atoms with Gasteiger partial charge in [-0.25, -0.2) is 8.42 Å². The third-order valence-electron chi connectivity index (χ3n) is 2.92. The quantitative estimate of drug-likeness (QED) is 0.893. The summed E-state index contributed by atoms with van der Waals surface area (Å²) in [5.74, 6) is -0.463. The van der Waals surface area contributed by atoms with Crippen LogP contribution >= 0.6 is 0 Å². The highest BCUT2D eigenvalue weighted by Gasteiger charge is 2.28. The first kappa shape index (κ1) is 15.5. The molecule has 1 aromatic carbocycles. The maximum Gasteiger partial charge on any atom is 0.304 e. The lowest BCUT2D eigenvalue weighted by molar-refractivity contribution is -0.138. The van der Waals surface area contributed by atoms with Crippen molar-refractivity contribution >= 4 is 15.8 Å². The summed E-state index contributed by atoms with van der Waals surface area (Å²) in [4.78, 5) is 11.1. The Morgan fingerprint density at radius 2 is 1.95 bits per heavy atom. The summed E-state index contributed by atoms with van der Waals surface area (Å²) in [5, 5.41) is 8.94. The molecule has 0 spiro atoms. The number of hydrogen-bond donors (Lipinski definition) is 1. The van der Waals surface area contributed by atoms with Crippen LogP contribution < -0.4 is 4.74 Å². The summed E-state index contributed by atoms with van der Waals surface area (Å²) in [7, 11) is -1.87. The summed E-state index contributed by atoms with van der Waals surface area (Å²) < 4.78 is 28.3. The Bertz CT molecular complexity index is 587. The molecule has 0 aliphatic heterocycles. The number of benzene rings is 1. The van der Waals surface area contributed by atoms with Gasteiger partial charge in [0, 0.05) is 17.2 Å². The molecule has 0 atom stereocenters. The number of methoxy groups -OCH3 is 1. The van der Waals surface area contributed by atoms with Crippen LogP contribution in [0.15, 0.2) is 23.1 Å². The molecule has 0 saturated heterocycles. The van der Waals surface area contributed by atoms with Gasteiger partial charge in [-0.2, -0.15) is 0 Å². The zero-order valence-electron chi connectivity index (χ0n) is 11.4. The normalized spacial score (nSPS) is 12.2. The Labute approximate surface area is 113 Å². The molecular weight excluding hydrogens is 268 g/mol. The van der Waals surface area contributed by atoms with Crippen LogP contribution in [0.25, 0.3) is 0 Å². The van der Waals surface area contributed by atoms with Gasteiger partial charge in [-0.15, -0.1) is 0 Å². The van der Waals surface area contributed by atoms with Crippen molar-refractivity contribution < 1.29 is 23.1 Å². The zero-order chi connectivity index (χ0) is 14.8. The van der Waals surface area contributed by atoms with Crippen LogP contribution in [0.4, 0.5) is 0 Å².